The minimum atomic E-state index is 0.303. The van der Waals surface area contributed by atoms with Crippen LogP contribution in [0.3, 0.4) is 0 Å². The van der Waals surface area contributed by atoms with Crippen LogP contribution >= 0.6 is 0 Å². The molecule has 0 atom stereocenters. The van der Waals surface area contributed by atoms with Crippen molar-refractivity contribution in [3.63, 3.8) is 0 Å². The monoisotopic (exact) mass is 235 g/mol. The van der Waals surface area contributed by atoms with Crippen LogP contribution in [0.4, 0.5) is 0 Å². The zero-order chi connectivity index (χ0) is 12.7. The molecule has 1 aromatic rings. The summed E-state index contributed by atoms with van der Waals surface area (Å²) in [6.07, 6.45) is 1.97. The zero-order valence-electron chi connectivity index (χ0n) is 11.3. The van der Waals surface area contributed by atoms with Crippen LogP contribution < -0.4 is 0 Å². The molecule has 1 rings (SSSR count). The van der Waals surface area contributed by atoms with Crippen molar-refractivity contribution in [1.29, 1.82) is 0 Å². The van der Waals surface area contributed by atoms with Crippen LogP contribution in [-0.4, -0.2) is 30.2 Å². The van der Waals surface area contributed by atoms with Gasteiger partial charge < -0.3 is 10.0 Å². The molecule has 17 heavy (non-hydrogen) atoms. The Morgan fingerprint density at radius 1 is 1.12 bits per heavy atom. The first kappa shape index (κ1) is 14.2. The molecule has 0 saturated heterocycles. The van der Waals surface area contributed by atoms with Crippen LogP contribution in [0.25, 0.3) is 0 Å². The predicted octanol–water partition coefficient (Wildman–Crippen LogP) is 3.01. The predicted molar refractivity (Wildman–Crippen MR) is 73.2 cm³/mol. The molecule has 2 heteroatoms. The van der Waals surface area contributed by atoms with Gasteiger partial charge in [-0.15, -0.1) is 0 Å². The highest BCUT2D eigenvalue weighted by atomic mass is 16.2. The van der Waals surface area contributed by atoms with E-state index in [2.05, 4.69) is 50.1 Å². The summed E-state index contributed by atoms with van der Waals surface area (Å²) >= 11 is 0. The van der Waals surface area contributed by atoms with E-state index >= 15 is 0 Å². The van der Waals surface area contributed by atoms with Gasteiger partial charge in [-0.3, -0.25) is 0 Å². The van der Waals surface area contributed by atoms with Gasteiger partial charge in [-0.25, -0.2) is 0 Å². The van der Waals surface area contributed by atoms with Gasteiger partial charge in [-0.2, -0.15) is 0 Å². The topological polar surface area (TPSA) is 23.5 Å². The summed E-state index contributed by atoms with van der Waals surface area (Å²) in [5.41, 5.74) is 2.76. The summed E-state index contributed by atoms with van der Waals surface area (Å²) in [6.45, 7) is 6.78. The highest BCUT2D eigenvalue weighted by molar-refractivity contribution is 5.24. The summed E-state index contributed by atoms with van der Waals surface area (Å²) in [6, 6.07) is 8.89. The zero-order valence-corrected chi connectivity index (χ0v) is 11.3. The molecular weight excluding hydrogens is 210 g/mol. The average molecular weight is 235 g/mol. The third kappa shape index (κ3) is 5.33. The molecule has 0 aliphatic rings. The van der Waals surface area contributed by atoms with E-state index in [9.17, 15) is 0 Å². The SMILES string of the molecule is CC(C)c1ccc(CN(C)CCCCO)cc1. The van der Waals surface area contributed by atoms with Gasteiger partial charge >= 0.3 is 0 Å². The average Bonchev–Trinajstić information content (AvgIpc) is 2.30. The standard InChI is InChI=1S/C15H25NO/c1-13(2)15-8-6-14(7-9-15)12-16(3)10-4-5-11-17/h6-9,13,17H,4-5,10-12H2,1-3H3. The maximum Gasteiger partial charge on any atom is 0.0431 e. The van der Waals surface area contributed by atoms with E-state index in [1.54, 1.807) is 0 Å². The van der Waals surface area contributed by atoms with E-state index in [0.717, 1.165) is 25.9 Å². The number of rotatable bonds is 7. The van der Waals surface area contributed by atoms with E-state index < -0.39 is 0 Å². The molecule has 96 valence electrons. The van der Waals surface area contributed by atoms with Gasteiger partial charge in [0.15, 0.2) is 0 Å². The van der Waals surface area contributed by atoms with Crippen LogP contribution in [-0.2, 0) is 6.54 Å². The van der Waals surface area contributed by atoms with Crippen LogP contribution in [0.15, 0.2) is 24.3 Å². The summed E-state index contributed by atoms with van der Waals surface area (Å²) in [5, 5.41) is 8.73. The maximum absolute atomic E-state index is 8.73. The van der Waals surface area contributed by atoms with Crippen LogP contribution in [0.2, 0.25) is 0 Å². The van der Waals surface area contributed by atoms with Gasteiger partial charge in [-0.05, 0) is 43.5 Å². The van der Waals surface area contributed by atoms with Crippen molar-refractivity contribution in [3.05, 3.63) is 35.4 Å². The van der Waals surface area contributed by atoms with E-state index in [4.69, 9.17) is 5.11 Å². The molecule has 0 unspecified atom stereocenters. The Hall–Kier alpha value is -0.860. The molecule has 0 aromatic heterocycles. The normalized spacial score (nSPS) is 11.4. The molecule has 0 spiro atoms. The molecule has 0 bridgehead atoms. The minimum Gasteiger partial charge on any atom is -0.396 e. The third-order valence-electron chi connectivity index (χ3n) is 3.05. The molecule has 0 fully saturated rings. The molecule has 0 heterocycles. The van der Waals surface area contributed by atoms with Gasteiger partial charge in [0, 0.05) is 13.2 Å². The van der Waals surface area contributed by atoms with Crippen molar-refractivity contribution < 1.29 is 5.11 Å². The lowest BCUT2D eigenvalue weighted by atomic mass is 10.0. The Morgan fingerprint density at radius 2 is 1.76 bits per heavy atom. The molecule has 1 aromatic carbocycles. The number of aliphatic hydroxyl groups is 1. The lowest BCUT2D eigenvalue weighted by molar-refractivity contribution is 0.261. The van der Waals surface area contributed by atoms with Crippen molar-refractivity contribution in [2.24, 2.45) is 0 Å². The summed E-state index contributed by atoms with van der Waals surface area (Å²) < 4.78 is 0. The van der Waals surface area contributed by atoms with Gasteiger partial charge in [-0.1, -0.05) is 38.1 Å². The lowest BCUT2D eigenvalue weighted by Gasteiger charge is -2.16. The molecule has 0 aliphatic heterocycles. The summed E-state index contributed by atoms with van der Waals surface area (Å²) in [4.78, 5) is 2.31. The second-order valence-electron chi connectivity index (χ2n) is 5.06. The number of hydrogen-bond donors (Lipinski definition) is 1. The molecule has 0 aliphatic carbocycles. The number of hydrogen-bond acceptors (Lipinski definition) is 2. The number of unbranched alkanes of at least 4 members (excludes halogenated alkanes) is 1. The Labute approximate surface area is 105 Å². The Kier molecular flexibility index (Phi) is 6.23. The van der Waals surface area contributed by atoms with Crippen molar-refractivity contribution in [3.8, 4) is 0 Å². The Bertz CT molecular complexity index is 305. The molecule has 0 amide bonds. The van der Waals surface area contributed by atoms with Gasteiger partial charge in [0.25, 0.3) is 0 Å². The second kappa shape index (κ2) is 7.46. The van der Waals surface area contributed by atoms with Gasteiger partial charge in [0.1, 0.15) is 0 Å². The summed E-state index contributed by atoms with van der Waals surface area (Å²) in [5.74, 6) is 0.603. The van der Waals surface area contributed by atoms with Crippen LogP contribution in [0, 0.1) is 0 Å². The van der Waals surface area contributed by atoms with Crippen LogP contribution in [0.5, 0.6) is 0 Å². The number of aliphatic hydroxyl groups excluding tert-OH is 1. The van der Waals surface area contributed by atoms with Crippen molar-refractivity contribution in [1.82, 2.24) is 4.90 Å². The highest BCUT2D eigenvalue weighted by Gasteiger charge is 2.02. The molecule has 1 N–H and O–H groups in total. The van der Waals surface area contributed by atoms with Gasteiger partial charge in [0.05, 0.1) is 0 Å². The van der Waals surface area contributed by atoms with Crippen molar-refractivity contribution >= 4 is 0 Å². The Balaban J connectivity index is 2.40. The lowest BCUT2D eigenvalue weighted by Crippen LogP contribution is -2.19. The minimum absolute atomic E-state index is 0.303. The first-order chi connectivity index (χ1) is 8.13. The van der Waals surface area contributed by atoms with E-state index in [-0.39, 0.29) is 0 Å². The molecular formula is C15H25NO. The van der Waals surface area contributed by atoms with Gasteiger partial charge in [0.2, 0.25) is 0 Å². The smallest absolute Gasteiger partial charge is 0.0431 e. The molecule has 0 saturated carbocycles. The first-order valence-electron chi connectivity index (χ1n) is 6.51. The Morgan fingerprint density at radius 3 is 2.29 bits per heavy atom. The molecule has 2 nitrogen and oxygen atoms in total. The number of benzene rings is 1. The first-order valence-corrected chi connectivity index (χ1v) is 6.51. The maximum atomic E-state index is 8.73. The number of nitrogens with zero attached hydrogens (tertiary/aromatic N) is 1. The largest absolute Gasteiger partial charge is 0.396 e. The van der Waals surface area contributed by atoms with Crippen molar-refractivity contribution in [2.45, 2.75) is 39.2 Å². The summed E-state index contributed by atoms with van der Waals surface area (Å²) in [7, 11) is 2.13. The fraction of sp³-hybridized carbons (Fsp3) is 0.600. The highest BCUT2D eigenvalue weighted by Crippen LogP contribution is 2.15. The fourth-order valence-corrected chi connectivity index (χ4v) is 1.89. The van der Waals surface area contributed by atoms with Crippen molar-refractivity contribution in [2.75, 3.05) is 20.2 Å². The fourth-order valence-electron chi connectivity index (χ4n) is 1.89. The second-order valence-corrected chi connectivity index (χ2v) is 5.06. The van der Waals surface area contributed by atoms with E-state index in [1.807, 2.05) is 0 Å². The third-order valence-corrected chi connectivity index (χ3v) is 3.05. The van der Waals surface area contributed by atoms with Crippen LogP contribution in [0.1, 0.15) is 43.7 Å². The molecule has 0 radical (unpaired) electrons. The van der Waals surface area contributed by atoms with E-state index in [1.165, 1.54) is 11.1 Å². The van der Waals surface area contributed by atoms with E-state index in [0.29, 0.717) is 12.5 Å². The quantitative estimate of drug-likeness (QED) is 0.734.